The highest BCUT2D eigenvalue weighted by atomic mass is 127. The fraction of sp³-hybridized carbons (Fsp3) is 0.786. The standard InChI is InChI=1S/C14H29N3.HI/c1-5-7-9-11-13(3)17-14(15-4)16-12-10-8-6-2;/h6,8,13H,5,7,9-12H2,1-4H3,(H2,15,16,17);1H/b8-6+;. The second-order valence-electron chi connectivity index (χ2n) is 4.40. The summed E-state index contributed by atoms with van der Waals surface area (Å²) in [7, 11) is 1.82. The number of nitrogens with one attached hydrogen (secondary N) is 2. The topological polar surface area (TPSA) is 36.4 Å². The van der Waals surface area contributed by atoms with Crippen molar-refractivity contribution in [2.45, 2.75) is 58.9 Å². The highest BCUT2D eigenvalue weighted by Crippen LogP contribution is 2.02. The molecule has 0 aliphatic rings. The molecule has 4 heteroatoms. The number of halogens is 1. The fourth-order valence-electron chi connectivity index (χ4n) is 1.64. The van der Waals surface area contributed by atoms with Crippen molar-refractivity contribution in [3.05, 3.63) is 12.2 Å². The van der Waals surface area contributed by atoms with Crippen LogP contribution in [-0.4, -0.2) is 25.6 Å². The number of nitrogens with zero attached hydrogens (tertiary/aromatic N) is 1. The molecule has 0 aromatic rings. The second kappa shape index (κ2) is 14.8. The van der Waals surface area contributed by atoms with Gasteiger partial charge in [0.2, 0.25) is 0 Å². The maximum Gasteiger partial charge on any atom is 0.191 e. The van der Waals surface area contributed by atoms with Gasteiger partial charge in [-0.15, -0.1) is 24.0 Å². The van der Waals surface area contributed by atoms with Crippen molar-refractivity contribution >= 4 is 29.9 Å². The van der Waals surface area contributed by atoms with Crippen LogP contribution in [0, 0.1) is 0 Å². The zero-order chi connectivity index (χ0) is 12.9. The van der Waals surface area contributed by atoms with E-state index in [1.807, 2.05) is 14.0 Å². The van der Waals surface area contributed by atoms with Crippen LogP contribution in [0.5, 0.6) is 0 Å². The van der Waals surface area contributed by atoms with Gasteiger partial charge in [-0.25, -0.2) is 0 Å². The molecule has 3 nitrogen and oxygen atoms in total. The number of aliphatic imine (C=N–C) groups is 1. The van der Waals surface area contributed by atoms with Crippen molar-refractivity contribution in [1.82, 2.24) is 10.6 Å². The van der Waals surface area contributed by atoms with E-state index in [-0.39, 0.29) is 24.0 Å². The van der Waals surface area contributed by atoms with Crippen molar-refractivity contribution < 1.29 is 0 Å². The minimum Gasteiger partial charge on any atom is -0.356 e. The van der Waals surface area contributed by atoms with Crippen LogP contribution in [0.25, 0.3) is 0 Å². The van der Waals surface area contributed by atoms with Crippen molar-refractivity contribution in [2.75, 3.05) is 13.6 Å². The number of hydrogen-bond donors (Lipinski definition) is 2. The Morgan fingerprint density at radius 3 is 2.61 bits per heavy atom. The molecule has 0 aromatic carbocycles. The molecule has 1 atom stereocenters. The molecular weight excluding hydrogens is 337 g/mol. The van der Waals surface area contributed by atoms with Gasteiger partial charge in [0.25, 0.3) is 0 Å². The van der Waals surface area contributed by atoms with E-state index in [9.17, 15) is 0 Å². The Bertz CT molecular complexity index is 227. The second-order valence-corrected chi connectivity index (χ2v) is 4.40. The summed E-state index contributed by atoms with van der Waals surface area (Å²) in [5.74, 6) is 0.915. The summed E-state index contributed by atoms with van der Waals surface area (Å²) in [6.45, 7) is 7.43. The normalized spacial score (nSPS) is 13.2. The molecule has 0 aromatic heterocycles. The lowest BCUT2D eigenvalue weighted by Crippen LogP contribution is -2.42. The van der Waals surface area contributed by atoms with Crippen molar-refractivity contribution in [3.8, 4) is 0 Å². The SMILES string of the molecule is C/C=C/CCNC(=NC)NC(C)CCCCC.I. The molecule has 2 N–H and O–H groups in total. The zero-order valence-electron chi connectivity index (χ0n) is 12.3. The molecule has 0 aliphatic heterocycles. The number of unbranched alkanes of at least 4 members (excludes halogenated alkanes) is 2. The Morgan fingerprint density at radius 2 is 2.06 bits per heavy atom. The summed E-state index contributed by atoms with van der Waals surface area (Å²) in [6.07, 6.45) is 10.4. The van der Waals surface area contributed by atoms with Gasteiger partial charge < -0.3 is 10.6 Å². The Labute approximate surface area is 130 Å². The summed E-state index contributed by atoms with van der Waals surface area (Å²) in [5, 5.41) is 6.73. The molecule has 0 amide bonds. The molecule has 0 saturated heterocycles. The highest BCUT2D eigenvalue weighted by Gasteiger charge is 2.03. The Hall–Kier alpha value is -0.260. The quantitative estimate of drug-likeness (QED) is 0.226. The lowest BCUT2D eigenvalue weighted by Gasteiger charge is -2.17. The first-order chi connectivity index (χ1) is 8.24. The summed E-state index contributed by atoms with van der Waals surface area (Å²) in [4.78, 5) is 4.22. The van der Waals surface area contributed by atoms with Gasteiger partial charge >= 0.3 is 0 Å². The summed E-state index contributed by atoms with van der Waals surface area (Å²) >= 11 is 0. The largest absolute Gasteiger partial charge is 0.356 e. The number of guanidine groups is 1. The predicted octanol–water partition coefficient (Wildman–Crippen LogP) is 3.70. The lowest BCUT2D eigenvalue weighted by atomic mass is 10.1. The van der Waals surface area contributed by atoms with E-state index in [4.69, 9.17) is 0 Å². The van der Waals surface area contributed by atoms with Crippen molar-refractivity contribution in [3.63, 3.8) is 0 Å². The van der Waals surface area contributed by atoms with Gasteiger partial charge in [0.15, 0.2) is 5.96 Å². The molecule has 0 radical (unpaired) electrons. The number of allylic oxidation sites excluding steroid dienone is 1. The highest BCUT2D eigenvalue weighted by molar-refractivity contribution is 14.0. The third kappa shape index (κ3) is 12.2. The summed E-state index contributed by atoms with van der Waals surface area (Å²) < 4.78 is 0. The van der Waals surface area contributed by atoms with Crippen LogP contribution in [-0.2, 0) is 0 Å². The van der Waals surface area contributed by atoms with Gasteiger partial charge in [-0.3, -0.25) is 4.99 Å². The average Bonchev–Trinajstić information content (AvgIpc) is 2.33. The Morgan fingerprint density at radius 1 is 1.33 bits per heavy atom. The molecule has 0 fully saturated rings. The zero-order valence-corrected chi connectivity index (χ0v) is 14.7. The van der Waals surface area contributed by atoms with Crippen LogP contribution in [0.1, 0.15) is 52.9 Å². The van der Waals surface area contributed by atoms with Crippen LogP contribution in [0.2, 0.25) is 0 Å². The van der Waals surface area contributed by atoms with Gasteiger partial charge in [0.05, 0.1) is 0 Å². The van der Waals surface area contributed by atoms with E-state index in [0.29, 0.717) is 6.04 Å². The number of hydrogen-bond acceptors (Lipinski definition) is 1. The van der Waals surface area contributed by atoms with Crippen LogP contribution < -0.4 is 10.6 Å². The van der Waals surface area contributed by atoms with E-state index < -0.39 is 0 Å². The first-order valence-corrected chi connectivity index (χ1v) is 6.82. The van der Waals surface area contributed by atoms with Gasteiger partial charge in [-0.1, -0.05) is 38.3 Å². The van der Waals surface area contributed by atoms with E-state index in [2.05, 4.69) is 41.6 Å². The molecule has 0 bridgehead atoms. The minimum absolute atomic E-state index is 0. The lowest BCUT2D eigenvalue weighted by molar-refractivity contribution is 0.547. The maximum absolute atomic E-state index is 4.22. The third-order valence-corrected chi connectivity index (χ3v) is 2.69. The molecule has 0 rings (SSSR count). The molecule has 1 unspecified atom stereocenters. The van der Waals surface area contributed by atoms with E-state index >= 15 is 0 Å². The Balaban J connectivity index is 0. The van der Waals surface area contributed by atoms with Crippen LogP contribution in [0.15, 0.2) is 17.1 Å². The monoisotopic (exact) mass is 367 g/mol. The summed E-state index contributed by atoms with van der Waals surface area (Å²) in [5.41, 5.74) is 0. The van der Waals surface area contributed by atoms with Crippen LogP contribution in [0.4, 0.5) is 0 Å². The van der Waals surface area contributed by atoms with Gasteiger partial charge in [0, 0.05) is 19.6 Å². The van der Waals surface area contributed by atoms with Crippen molar-refractivity contribution in [2.24, 2.45) is 4.99 Å². The molecule has 0 aliphatic carbocycles. The fourth-order valence-corrected chi connectivity index (χ4v) is 1.64. The molecule has 0 spiro atoms. The van der Waals surface area contributed by atoms with E-state index in [1.165, 1.54) is 25.7 Å². The number of rotatable bonds is 8. The maximum atomic E-state index is 4.22. The van der Waals surface area contributed by atoms with Gasteiger partial charge in [-0.2, -0.15) is 0 Å². The van der Waals surface area contributed by atoms with E-state index in [0.717, 1.165) is 18.9 Å². The van der Waals surface area contributed by atoms with Gasteiger partial charge in [-0.05, 0) is 26.7 Å². The Kier molecular flexibility index (Phi) is 16.5. The first-order valence-electron chi connectivity index (χ1n) is 6.82. The van der Waals surface area contributed by atoms with Gasteiger partial charge in [0.1, 0.15) is 0 Å². The predicted molar refractivity (Wildman–Crippen MR) is 92.9 cm³/mol. The summed E-state index contributed by atoms with van der Waals surface area (Å²) in [6, 6.07) is 0.495. The van der Waals surface area contributed by atoms with Crippen LogP contribution >= 0.6 is 24.0 Å². The van der Waals surface area contributed by atoms with Crippen LogP contribution in [0.3, 0.4) is 0 Å². The first kappa shape index (κ1) is 20.1. The molecule has 0 saturated carbocycles. The van der Waals surface area contributed by atoms with E-state index in [1.54, 1.807) is 0 Å². The minimum atomic E-state index is 0. The molecule has 0 heterocycles. The third-order valence-electron chi connectivity index (χ3n) is 2.69. The molecular formula is C14H30IN3. The molecule has 108 valence electrons. The smallest absolute Gasteiger partial charge is 0.191 e. The molecule has 18 heavy (non-hydrogen) atoms. The van der Waals surface area contributed by atoms with Crippen molar-refractivity contribution in [1.29, 1.82) is 0 Å². The average molecular weight is 367 g/mol.